The number of nitrogens with one attached hydrogen (secondary N) is 1. The molecule has 0 spiro atoms. The number of carbonyl (C=O) groups excluding carboxylic acids is 1. The number of carbonyl (C=O) groups is 1. The highest BCUT2D eigenvalue weighted by molar-refractivity contribution is 7.90. The summed E-state index contributed by atoms with van der Waals surface area (Å²) < 4.78 is 26.5. The van der Waals surface area contributed by atoms with Crippen LogP contribution in [0.3, 0.4) is 0 Å². The normalized spacial score (nSPS) is 11.6. The van der Waals surface area contributed by atoms with Gasteiger partial charge in [-0.15, -0.1) is 0 Å². The Bertz CT molecular complexity index is 1090. The highest BCUT2D eigenvalue weighted by Crippen LogP contribution is 2.23. The van der Waals surface area contributed by atoms with E-state index >= 15 is 0 Å². The molecular weight excluding hydrogens is 368 g/mol. The summed E-state index contributed by atoms with van der Waals surface area (Å²) in [4.78, 5) is 15.1. The topological polar surface area (TPSA) is 127 Å². The molecule has 4 N–H and O–H groups in total. The third kappa shape index (κ3) is 4.05. The molecule has 0 aliphatic carbocycles. The first kappa shape index (κ1) is 18.4. The Morgan fingerprint density at radius 1 is 1.11 bits per heavy atom. The van der Waals surface area contributed by atoms with E-state index in [1.54, 1.807) is 30.5 Å². The van der Waals surface area contributed by atoms with Crippen molar-refractivity contribution >= 4 is 27.8 Å². The second-order valence-corrected chi connectivity index (χ2v) is 7.43. The third-order valence-electron chi connectivity index (χ3n) is 3.78. The van der Waals surface area contributed by atoms with Crippen LogP contribution in [-0.2, 0) is 14.8 Å². The predicted molar refractivity (Wildman–Crippen MR) is 100 cm³/mol. The van der Waals surface area contributed by atoms with Gasteiger partial charge < -0.3 is 5.73 Å². The number of nitrogens with zero attached hydrogens (tertiary/aromatic N) is 2. The summed E-state index contributed by atoms with van der Waals surface area (Å²) in [5.41, 5.74) is 9.15. The second kappa shape index (κ2) is 7.44. The van der Waals surface area contributed by atoms with Crippen molar-refractivity contribution in [3.05, 3.63) is 72.7 Å². The Hall–Kier alpha value is -3.43. The van der Waals surface area contributed by atoms with Crippen molar-refractivity contribution in [2.24, 2.45) is 0 Å². The molecular formula is C18H16N4O4S. The molecule has 0 unspecified atom stereocenters. The SMILES string of the molecule is Nc1ccc(-c2ccc(S(=O)(=O)n3ccc(C=CC(=O)NO)c3)cc2)cn1. The van der Waals surface area contributed by atoms with Crippen LogP contribution in [0.4, 0.5) is 5.82 Å². The van der Waals surface area contributed by atoms with Gasteiger partial charge >= 0.3 is 0 Å². The lowest BCUT2D eigenvalue weighted by molar-refractivity contribution is -0.124. The summed E-state index contributed by atoms with van der Waals surface area (Å²) in [6.45, 7) is 0. The van der Waals surface area contributed by atoms with Gasteiger partial charge in [-0.3, -0.25) is 10.0 Å². The molecule has 0 bridgehead atoms. The van der Waals surface area contributed by atoms with Crippen LogP contribution < -0.4 is 11.2 Å². The van der Waals surface area contributed by atoms with Gasteiger partial charge in [0.15, 0.2) is 0 Å². The summed E-state index contributed by atoms with van der Waals surface area (Å²) in [5, 5.41) is 8.45. The van der Waals surface area contributed by atoms with Crippen LogP contribution in [-0.4, -0.2) is 28.5 Å². The minimum Gasteiger partial charge on any atom is -0.384 e. The third-order valence-corrected chi connectivity index (χ3v) is 5.43. The quantitative estimate of drug-likeness (QED) is 0.350. The molecule has 138 valence electrons. The number of rotatable bonds is 5. The highest BCUT2D eigenvalue weighted by atomic mass is 32.2. The monoisotopic (exact) mass is 384 g/mol. The number of hydroxylamine groups is 1. The van der Waals surface area contributed by atoms with E-state index < -0.39 is 15.9 Å². The van der Waals surface area contributed by atoms with Crippen LogP contribution in [0.2, 0.25) is 0 Å². The fraction of sp³-hybridized carbons (Fsp3) is 0. The molecule has 3 rings (SSSR count). The molecule has 1 amide bonds. The van der Waals surface area contributed by atoms with E-state index in [1.165, 1.54) is 42.1 Å². The van der Waals surface area contributed by atoms with Gasteiger partial charge in [-0.25, -0.2) is 22.9 Å². The molecule has 0 fully saturated rings. The van der Waals surface area contributed by atoms with E-state index in [4.69, 9.17) is 10.9 Å². The maximum atomic E-state index is 12.7. The van der Waals surface area contributed by atoms with E-state index in [0.717, 1.165) is 21.2 Å². The van der Waals surface area contributed by atoms with Crippen molar-refractivity contribution in [2.45, 2.75) is 4.90 Å². The molecule has 2 aromatic heterocycles. The molecule has 0 radical (unpaired) electrons. The lowest BCUT2D eigenvalue weighted by Gasteiger charge is -2.07. The van der Waals surface area contributed by atoms with E-state index in [-0.39, 0.29) is 4.90 Å². The summed E-state index contributed by atoms with van der Waals surface area (Å²) in [6, 6.07) is 11.4. The Balaban J connectivity index is 1.85. The molecule has 27 heavy (non-hydrogen) atoms. The average Bonchev–Trinajstić information content (AvgIpc) is 3.17. The van der Waals surface area contributed by atoms with Gasteiger partial charge in [-0.05, 0) is 47.5 Å². The van der Waals surface area contributed by atoms with Crippen LogP contribution in [0.5, 0.6) is 0 Å². The van der Waals surface area contributed by atoms with Crippen molar-refractivity contribution in [3.8, 4) is 11.1 Å². The smallest absolute Gasteiger partial charge is 0.267 e. The molecule has 1 aromatic carbocycles. The Morgan fingerprint density at radius 2 is 1.81 bits per heavy atom. The number of hydrogen-bond donors (Lipinski definition) is 3. The lowest BCUT2D eigenvalue weighted by atomic mass is 10.1. The molecule has 9 heteroatoms. The van der Waals surface area contributed by atoms with Crippen molar-refractivity contribution in [1.82, 2.24) is 14.4 Å². The maximum Gasteiger partial charge on any atom is 0.267 e. The van der Waals surface area contributed by atoms with Crippen molar-refractivity contribution in [3.63, 3.8) is 0 Å². The Kier molecular flexibility index (Phi) is 5.06. The van der Waals surface area contributed by atoms with Gasteiger partial charge in [0.1, 0.15) is 5.82 Å². The minimum absolute atomic E-state index is 0.119. The zero-order chi connectivity index (χ0) is 19.4. The van der Waals surface area contributed by atoms with E-state index in [9.17, 15) is 13.2 Å². The number of pyridine rings is 1. The Labute approximate surface area is 155 Å². The largest absolute Gasteiger partial charge is 0.384 e. The van der Waals surface area contributed by atoms with E-state index in [1.807, 2.05) is 0 Å². The highest BCUT2D eigenvalue weighted by Gasteiger charge is 2.16. The van der Waals surface area contributed by atoms with Gasteiger partial charge in [0, 0.05) is 30.2 Å². The van der Waals surface area contributed by atoms with Gasteiger partial charge in [0.05, 0.1) is 4.90 Å². The van der Waals surface area contributed by atoms with Gasteiger partial charge in [-0.2, -0.15) is 0 Å². The number of aromatic nitrogens is 2. The van der Waals surface area contributed by atoms with Gasteiger partial charge in [0.2, 0.25) is 0 Å². The maximum absolute atomic E-state index is 12.7. The molecule has 0 atom stereocenters. The number of anilines is 1. The first-order chi connectivity index (χ1) is 12.9. The molecule has 0 aliphatic rings. The number of nitrogens with two attached hydrogens (primary N) is 1. The van der Waals surface area contributed by atoms with Crippen molar-refractivity contribution in [2.75, 3.05) is 5.73 Å². The summed E-state index contributed by atoms with van der Waals surface area (Å²) >= 11 is 0. The van der Waals surface area contributed by atoms with Crippen LogP contribution in [0, 0.1) is 0 Å². The van der Waals surface area contributed by atoms with E-state index in [2.05, 4.69) is 4.98 Å². The summed E-state index contributed by atoms with van der Waals surface area (Å²) in [7, 11) is -3.77. The van der Waals surface area contributed by atoms with Crippen LogP contribution in [0.25, 0.3) is 17.2 Å². The minimum atomic E-state index is -3.77. The Morgan fingerprint density at radius 3 is 2.44 bits per heavy atom. The molecule has 2 heterocycles. The predicted octanol–water partition coefficient (Wildman–Crippen LogP) is 1.89. The van der Waals surface area contributed by atoms with Crippen molar-refractivity contribution < 1.29 is 18.4 Å². The van der Waals surface area contributed by atoms with Gasteiger partial charge in [-0.1, -0.05) is 12.1 Å². The number of hydrogen-bond acceptors (Lipinski definition) is 6. The van der Waals surface area contributed by atoms with Crippen molar-refractivity contribution in [1.29, 1.82) is 0 Å². The number of amides is 1. The fourth-order valence-electron chi connectivity index (χ4n) is 2.37. The molecule has 0 saturated heterocycles. The van der Waals surface area contributed by atoms with E-state index in [0.29, 0.717) is 11.4 Å². The fourth-order valence-corrected chi connectivity index (χ4v) is 3.57. The number of benzene rings is 1. The first-order valence-electron chi connectivity index (χ1n) is 7.78. The molecule has 8 nitrogen and oxygen atoms in total. The lowest BCUT2D eigenvalue weighted by Crippen LogP contribution is -2.14. The zero-order valence-corrected chi connectivity index (χ0v) is 14.8. The zero-order valence-electron chi connectivity index (χ0n) is 14.0. The second-order valence-electron chi connectivity index (χ2n) is 5.59. The van der Waals surface area contributed by atoms with Gasteiger partial charge in [0.25, 0.3) is 15.9 Å². The van der Waals surface area contributed by atoms with Crippen LogP contribution >= 0.6 is 0 Å². The molecule has 0 aliphatic heterocycles. The molecule has 3 aromatic rings. The standard InChI is InChI=1S/C18H16N4O4S/c19-17-7-4-15(11-20-17)14-2-5-16(6-3-14)27(25,26)22-10-9-13(12-22)1-8-18(23)21-24/h1-12,24H,(H2,19,20)(H,21,23). The average molecular weight is 384 g/mol. The molecule has 0 saturated carbocycles. The number of nitrogen functional groups attached to an aromatic ring is 1. The summed E-state index contributed by atoms with van der Waals surface area (Å²) in [5.74, 6) is -0.301. The van der Waals surface area contributed by atoms with Crippen LogP contribution in [0.15, 0.2) is 72.0 Å². The summed E-state index contributed by atoms with van der Waals surface area (Å²) in [6.07, 6.45) is 6.83. The first-order valence-corrected chi connectivity index (χ1v) is 9.22. The van der Waals surface area contributed by atoms with Crippen LogP contribution in [0.1, 0.15) is 5.56 Å².